The first-order valence-electron chi connectivity index (χ1n) is 9.66. The lowest BCUT2D eigenvalue weighted by molar-refractivity contribution is -0.126. The fraction of sp³-hybridized carbons (Fsp3) is 0.333. The second-order valence-electron chi connectivity index (χ2n) is 7.22. The second kappa shape index (κ2) is 12.5. The highest BCUT2D eigenvalue weighted by Gasteiger charge is 2.32. The monoisotopic (exact) mass is 395 g/mol. The molecule has 0 fully saturated rings. The van der Waals surface area contributed by atoms with Crippen molar-refractivity contribution in [2.45, 2.75) is 39.3 Å². The molecule has 29 heavy (non-hydrogen) atoms. The van der Waals surface area contributed by atoms with Gasteiger partial charge in [0.05, 0.1) is 18.2 Å². The summed E-state index contributed by atoms with van der Waals surface area (Å²) >= 11 is 0. The molecule has 5 nitrogen and oxygen atoms in total. The molecule has 1 aliphatic rings. The number of aromatic nitrogens is 2. The highest BCUT2D eigenvalue weighted by atomic mass is 16.3. The minimum atomic E-state index is -0.642. The van der Waals surface area contributed by atoms with Crippen LogP contribution in [0.2, 0.25) is 0 Å². The molecule has 0 aliphatic carbocycles. The Morgan fingerprint density at radius 1 is 1.03 bits per heavy atom. The third kappa shape index (κ3) is 9.72. The molecular weight excluding hydrogens is 362 g/mol. The van der Waals surface area contributed by atoms with Crippen molar-refractivity contribution in [2.24, 2.45) is 0 Å². The molecule has 1 aromatic heterocycles. The number of rotatable bonds is 0. The summed E-state index contributed by atoms with van der Waals surface area (Å²) in [6, 6.07) is 22.3. The molecule has 3 aromatic rings. The third-order valence-electron chi connectivity index (χ3n) is 4.34. The molecule has 1 aliphatic heterocycles. The molecule has 156 valence electrons. The van der Waals surface area contributed by atoms with Gasteiger partial charge < -0.3 is 14.6 Å². The van der Waals surface area contributed by atoms with Crippen LogP contribution in [0.4, 0.5) is 0 Å². The molecule has 5 heteroatoms. The molecule has 0 bridgehead atoms. The van der Waals surface area contributed by atoms with E-state index in [0.717, 1.165) is 18.7 Å². The van der Waals surface area contributed by atoms with E-state index in [2.05, 4.69) is 24.0 Å². The normalized spacial score (nSPS) is 15.9. The number of hydrogen-bond acceptors (Lipinski definition) is 3. The Morgan fingerprint density at radius 3 is 1.83 bits per heavy atom. The van der Waals surface area contributed by atoms with E-state index < -0.39 is 5.60 Å². The number of fused-ring (bicyclic) bond motifs is 1. The molecule has 4 rings (SSSR count). The third-order valence-corrected chi connectivity index (χ3v) is 4.34. The number of hydrogen-bond donors (Lipinski definition) is 1. The van der Waals surface area contributed by atoms with Crippen molar-refractivity contribution in [1.82, 2.24) is 14.5 Å². The van der Waals surface area contributed by atoms with Crippen LogP contribution in [-0.4, -0.2) is 39.6 Å². The summed E-state index contributed by atoms with van der Waals surface area (Å²) < 4.78 is 1.99. The summed E-state index contributed by atoms with van der Waals surface area (Å²) in [4.78, 5) is 15.5. The molecule has 1 N–H and O–H groups in total. The van der Waals surface area contributed by atoms with Crippen molar-refractivity contribution in [3.8, 4) is 0 Å². The summed E-state index contributed by atoms with van der Waals surface area (Å²) in [6.07, 6.45) is 4.30. The van der Waals surface area contributed by atoms with Crippen molar-refractivity contribution in [3.63, 3.8) is 0 Å². The van der Waals surface area contributed by atoms with Crippen LogP contribution < -0.4 is 0 Å². The van der Waals surface area contributed by atoms with Crippen molar-refractivity contribution < 1.29 is 9.90 Å². The van der Waals surface area contributed by atoms with E-state index in [9.17, 15) is 9.90 Å². The van der Waals surface area contributed by atoms with Crippen molar-refractivity contribution in [1.29, 1.82) is 0 Å². The van der Waals surface area contributed by atoms with Gasteiger partial charge in [0.25, 0.3) is 0 Å². The maximum atomic E-state index is 10.1. The molecular formula is C24H33N3O2. The first-order chi connectivity index (χ1) is 13.7. The van der Waals surface area contributed by atoms with Gasteiger partial charge in [-0.05, 0) is 20.3 Å². The Bertz CT molecular complexity index is 786. The van der Waals surface area contributed by atoms with Gasteiger partial charge in [-0.1, -0.05) is 72.3 Å². The fourth-order valence-corrected chi connectivity index (χ4v) is 2.33. The zero-order chi connectivity index (χ0) is 21.7. The second-order valence-corrected chi connectivity index (χ2v) is 7.22. The number of carbonyl (C=O) groups is 1. The molecule has 0 radical (unpaired) electrons. The van der Waals surface area contributed by atoms with E-state index in [1.54, 1.807) is 26.6 Å². The zero-order valence-corrected chi connectivity index (χ0v) is 18.1. The minimum Gasteiger partial charge on any atom is -0.384 e. The van der Waals surface area contributed by atoms with Crippen LogP contribution in [0.5, 0.6) is 0 Å². The summed E-state index contributed by atoms with van der Waals surface area (Å²) in [7, 11) is 3.45. The van der Waals surface area contributed by atoms with Crippen LogP contribution in [-0.2, 0) is 16.9 Å². The number of carbonyl (C=O) groups excluding carboxylic acids is 1. The van der Waals surface area contributed by atoms with Crippen LogP contribution in [0.15, 0.2) is 79.3 Å². The number of aliphatic hydroxyl groups is 1. The molecule has 0 spiro atoms. The highest BCUT2D eigenvalue weighted by Crippen LogP contribution is 2.30. The molecule has 1 unspecified atom stereocenters. The minimum absolute atomic E-state index is 0.0926. The Morgan fingerprint density at radius 2 is 1.48 bits per heavy atom. The molecule has 0 saturated heterocycles. The van der Waals surface area contributed by atoms with Crippen LogP contribution in [0, 0.1) is 6.92 Å². The maximum Gasteiger partial charge on any atom is 0.218 e. The quantitative estimate of drug-likeness (QED) is 0.618. The van der Waals surface area contributed by atoms with Gasteiger partial charge in [-0.3, -0.25) is 4.79 Å². The van der Waals surface area contributed by atoms with Gasteiger partial charge in [-0.25, -0.2) is 4.98 Å². The van der Waals surface area contributed by atoms with Crippen LogP contribution >= 0.6 is 0 Å². The predicted octanol–water partition coefficient (Wildman–Crippen LogP) is 4.27. The average Bonchev–Trinajstić information content (AvgIpc) is 3.30. The topological polar surface area (TPSA) is 58.4 Å². The Hall–Kier alpha value is -2.92. The molecule has 0 saturated carbocycles. The number of nitrogens with zero attached hydrogens (tertiary/aromatic N) is 3. The number of aryl methyl sites for hydroxylation is 2. The summed E-state index contributed by atoms with van der Waals surface area (Å²) in [6.45, 7) is 6.33. The lowest BCUT2D eigenvalue weighted by Crippen LogP contribution is -2.17. The van der Waals surface area contributed by atoms with Crippen LogP contribution in [0.3, 0.4) is 0 Å². The summed E-state index contributed by atoms with van der Waals surface area (Å²) in [5, 5.41) is 9.67. The van der Waals surface area contributed by atoms with Gasteiger partial charge in [0, 0.05) is 27.6 Å². The van der Waals surface area contributed by atoms with Crippen molar-refractivity contribution in [2.75, 3.05) is 14.1 Å². The number of imidazole rings is 1. The molecule has 2 aromatic carbocycles. The standard InChI is InChI=1S/C7H10N2O.C7H8.C6H6.C4H9NO/c1-7(10)2-3-9-5-8-4-6(7)9;1-7-5-3-2-4-6-7;1-2-4-6-5-3-1;1-4(6)5(2)3/h4-5,10H,2-3H2,1H3;2-6H,1H3;1-6H;1-3H3. The predicted molar refractivity (Wildman–Crippen MR) is 118 cm³/mol. The summed E-state index contributed by atoms with van der Waals surface area (Å²) in [5.41, 5.74) is 1.62. The number of amides is 1. The fourth-order valence-electron chi connectivity index (χ4n) is 2.33. The van der Waals surface area contributed by atoms with Crippen LogP contribution in [0.1, 0.15) is 31.5 Å². The van der Waals surface area contributed by atoms with Crippen LogP contribution in [0.25, 0.3) is 0 Å². The Labute approximate surface area is 174 Å². The first kappa shape index (κ1) is 24.1. The lowest BCUT2D eigenvalue weighted by Gasteiger charge is -2.13. The van der Waals surface area contributed by atoms with Crippen molar-refractivity contribution >= 4 is 5.91 Å². The SMILES string of the molecule is CC(=O)N(C)C.CC1(O)CCn2cncc21.Cc1ccccc1.c1ccccc1. The van der Waals surface area contributed by atoms with E-state index in [0.29, 0.717) is 0 Å². The number of benzene rings is 2. The largest absolute Gasteiger partial charge is 0.384 e. The zero-order valence-electron chi connectivity index (χ0n) is 18.1. The van der Waals surface area contributed by atoms with E-state index >= 15 is 0 Å². The maximum absolute atomic E-state index is 10.1. The van der Waals surface area contributed by atoms with E-state index in [1.807, 2.05) is 66.1 Å². The van der Waals surface area contributed by atoms with Gasteiger partial charge in [0.1, 0.15) is 5.60 Å². The van der Waals surface area contributed by atoms with Gasteiger partial charge in [-0.2, -0.15) is 0 Å². The van der Waals surface area contributed by atoms with Gasteiger partial charge in [0.15, 0.2) is 0 Å². The average molecular weight is 396 g/mol. The van der Waals surface area contributed by atoms with Gasteiger partial charge in [-0.15, -0.1) is 0 Å². The first-order valence-corrected chi connectivity index (χ1v) is 9.66. The molecule has 1 atom stereocenters. The van der Waals surface area contributed by atoms with Gasteiger partial charge in [0.2, 0.25) is 5.91 Å². The Kier molecular flexibility index (Phi) is 10.4. The summed E-state index contributed by atoms with van der Waals surface area (Å²) in [5.74, 6) is 0.0926. The smallest absolute Gasteiger partial charge is 0.218 e. The van der Waals surface area contributed by atoms with E-state index in [-0.39, 0.29) is 5.91 Å². The highest BCUT2D eigenvalue weighted by molar-refractivity contribution is 5.72. The Balaban J connectivity index is 0.000000199. The lowest BCUT2D eigenvalue weighted by atomic mass is 10.0. The van der Waals surface area contributed by atoms with E-state index in [4.69, 9.17) is 0 Å². The molecule has 1 amide bonds. The molecule has 2 heterocycles. The van der Waals surface area contributed by atoms with Gasteiger partial charge >= 0.3 is 0 Å². The van der Waals surface area contributed by atoms with Crippen molar-refractivity contribution in [3.05, 3.63) is 90.5 Å². The van der Waals surface area contributed by atoms with E-state index in [1.165, 1.54) is 17.4 Å².